The van der Waals surface area contributed by atoms with E-state index in [2.05, 4.69) is 26.2 Å². The number of H-pyrrole nitrogens is 1. The molecular weight excluding hydrogens is 335 g/mol. The third kappa shape index (κ3) is 2.69. The first-order valence-corrected chi connectivity index (χ1v) is 7.18. The van der Waals surface area contributed by atoms with Gasteiger partial charge in [0.1, 0.15) is 11.5 Å². The van der Waals surface area contributed by atoms with E-state index >= 15 is 0 Å². The maximum Gasteiger partial charge on any atom is 0.272 e. The lowest BCUT2D eigenvalue weighted by molar-refractivity contribution is 0.102. The summed E-state index contributed by atoms with van der Waals surface area (Å²) >= 11 is 3.12. The molecule has 5 heteroatoms. The zero-order valence-electron chi connectivity index (χ0n) is 11.2. The van der Waals surface area contributed by atoms with Crippen molar-refractivity contribution >= 4 is 38.4 Å². The standard InChI is InChI=1S/C16H12BrFN2O/c1-9-6-12(18)11(17)8-14(9)20-16(21)15-7-10-4-2-3-5-13(10)19-15/h2-8,19H,1H3,(H,20,21). The Kier molecular flexibility index (Phi) is 3.51. The zero-order chi connectivity index (χ0) is 15.0. The summed E-state index contributed by atoms with van der Waals surface area (Å²) in [5.74, 6) is -0.607. The van der Waals surface area contributed by atoms with Gasteiger partial charge in [0, 0.05) is 16.6 Å². The maximum absolute atomic E-state index is 13.4. The molecule has 0 radical (unpaired) electrons. The molecular formula is C16H12BrFN2O. The van der Waals surface area contributed by atoms with Gasteiger partial charge in [0.2, 0.25) is 0 Å². The molecule has 0 saturated heterocycles. The van der Waals surface area contributed by atoms with Crippen LogP contribution < -0.4 is 5.32 Å². The van der Waals surface area contributed by atoms with E-state index in [1.54, 1.807) is 19.1 Å². The number of aromatic nitrogens is 1. The molecule has 1 amide bonds. The van der Waals surface area contributed by atoms with E-state index in [4.69, 9.17) is 0 Å². The van der Waals surface area contributed by atoms with E-state index in [-0.39, 0.29) is 11.7 Å². The number of benzene rings is 2. The maximum atomic E-state index is 13.4. The number of hydrogen-bond acceptors (Lipinski definition) is 1. The van der Waals surface area contributed by atoms with Gasteiger partial charge < -0.3 is 10.3 Å². The second-order valence-electron chi connectivity index (χ2n) is 4.81. The topological polar surface area (TPSA) is 44.9 Å². The summed E-state index contributed by atoms with van der Waals surface area (Å²) in [4.78, 5) is 15.3. The highest BCUT2D eigenvalue weighted by Crippen LogP contribution is 2.25. The minimum atomic E-state index is -0.351. The Labute approximate surface area is 129 Å². The van der Waals surface area contributed by atoms with E-state index in [0.29, 0.717) is 21.4 Å². The number of aryl methyl sites for hydroxylation is 1. The molecule has 0 spiro atoms. The number of aromatic amines is 1. The van der Waals surface area contributed by atoms with Crippen LogP contribution in [0, 0.1) is 12.7 Å². The minimum Gasteiger partial charge on any atom is -0.351 e. The molecule has 0 aliphatic heterocycles. The van der Waals surface area contributed by atoms with Crippen LogP contribution in [-0.4, -0.2) is 10.9 Å². The molecule has 0 aliphatic carbocycles. The van der Waals surface area contributed by atoms with Crippen molar-refractivity contribution in [1.82, 2.24) is 4.98 Å². The monoisotopic (exact) mass is 346 g/mol. The molecule has 106 valence electrons. The lowest BCUT2D eigenvalue weighted by Gasteiger charge is -2.08. The average molecular weight is 347 g/mol. The molecule has 1 heterocycles. The zero-order valence-corrected chi connectivity index (χ0v) is 12.8. The quantitative estimate of drug-likeness (QED) is 0.698. The molecule has 0 aliphatic rings. The lowest BCUT2D eigenvalue weighted by atomic mass is 10.2. The van der Waals surface area contributed by atoms with Crippen LogP contribution in [0.3, 0.4) is 0 Å². The molecule has 0 atom stereocenters. The van der Waals surface area contributed by atoms with Crippen molar-refractivity contribution in [1.29, 1.82) is 0 Å². The number of carbonyl (C=O) groups is 1. The second kappa shape index (κ2) is 5.33. The molecule has 1 aromatic heterocycles. The second-order valence-corrected chi connectivity index (χ2v) is 5.66. The van der Waals surface area contributed by atoms with Gasteiger partial charge in [-0.1, -0.05) is 18.2 Å². The Morgan fingerprint density at radius 3 is 2.76 bits per heavy atom. The van der Waals surface area contributed by atoms with Crippen LogP contribution in [0.5, 0.6) is 0 Å². The van der Waals surface area contributed by atoms with E-state index in [1.165, 1.54) is 6.07 Å². The van der Waals surface area contributed by atoms with Gasteiger partial charge in [-0.3, -0.25) is 4.79 Å². The Morgan fingerprint density at radius 1 is 1.24 bits per heavy atom. The van der Waals surface area contributed by atoms with Gasteiger partial charge in [0.05, 0.1) is 4.47 Å². The number of anilines is 1. The van der Waals surface area contributed by atoms with Gasteiger partial charge in [-0.2, -0.15) is 0 Å². The molecule has 21 heavy (non-hydrogen) atoms. The van der Waals surface area contributed by atoms with Crippen LogP contribution in [0.1, 0.15) is 16.1 Å². The predicted octanol–water partition coefficient (Wildman–Crippen LogP) is 4.63. The average Bonchev–Trinajstić information content (AvgIpc) is 2.88. The highest BCUT2D eigenvalue weighted by Gasteiger charge is 2.12. The van der Waals surface area contributed by atoms with Crippen LogP contribution in [0.25, 0.3) is 10.9 Å². The number of hydrogen-bond donors (Lipinski definition) is 2. The van der Waals surface area contributed by atoms with Crippen LogP contribution in [0.2, 0.25) is 0 Å². The minimum absolute atomic E-state index is 0.257. The first kappa shape index (κ1) is 13.8. The summed E-state index contributed by atoms with van der Waals surface area (Å²) in [6, 6.07) is 12.4. The molecule has 3 rings (SSSR count). The molecule has 3 nitrogen and oxygen atoms in total. The summed E-state index contributed by atoms with van der Waals surface area (Å²) in [6.45, 7) is 1.75. The number of amides is 1. The van der Waals surface area contributed by atoms with Crippen molar-refractivity contribution < 1.29 is 9.18 Å². The van der Waals surface area contributed by atoms with Crippen molar-refractivity contribution in [2.75, 3.05) is 5.32 Å². The van der Waals surface area contributed by atoms with Gasteiger partial charge in [-0.15, -0.1) is 0 Å². The van der Waals surface area contributed by atoms with E-state index in [0.717, 1.165) is 10.9 Å². The summed E-state index contributed by atoms with van der Waals surface area (Å²) in [5.41, 5.74) is 2.61. The van der Waals surface area contributed by atoms with Crippen molar-refractivity contribution in [2.45, 2.75) is 6.92 Å². The number of rotatable bonds is 2. The first-order chi connectivity index (χ1) is 10.0. The van der Waals surface area contributed by atoms with E-state index < -0.39 is 0 Å². The Hall–Kier alpha value is -2.14. The summed E-state index contributed by atoms with van der Waals surface area (Å²) in [5, 5.41) is 3.76. The molecule has 2 N–H and O–H groups in total. The third-order valence-corrected chi connectivity index (χ3v) is 3.90. The van der Waals surface area contributed by atoms with E-state index in [1.807, 2.05) is 24.3 Å². The smallest absolute Gasteiger partial charge is 0.272 e. The molecule has 0 bridgehead atoms. The number of nitrogens with one attached hydrogen (secondary N) is 2. The highest BCUT2D eigenvalue weighted by molar-refractivity contribution is 9.10. The fourth-order valence-electron chi connectivity index (χ4n) is 2.17. The van der Waals surface area contributed by atoms with Crippen LogP contribution in [-0.2, 0) is 0 Å². The lowest BCUT2D eigenvalue weighted by Crippen LogP contribution is -2.13. The van der Waals surface area contributed by atoms with Crippen molar-refractivity contribution in [2.24, 2.45) is 0 Å². The van der Waals surface area contributed by atoms with Gasteiger partial charge in [-0.25, -0.2) is 4.39 Å². The largest absolute Gasteiger partial charge is 0.351 e. The normalized spacial score (nSPS) is 10.8. The number of para-hydroxylation sites is 1. The van der Waals surface area contributed by atoms with Crippen molar-refractivity contribution in [3.63, 3.8) is 0 Å². The fourth-order valence-corrected chi connectivity index (χ4v) is 2.51. The summed E-state index contributed by atoms with van der Waals surface area (Å²) < 4.78 is 13.7. The van der Waals surface area contributed by atoms with Crippen LogP contribution in [0.4, 0.5) is 10.1 Å². The van der Waals surface area contributed by atoms with Crippen molar-refractivity contribution in [3.8, 4) is 0 Å². The van der Waals surface area contributed by atoms with Gasteiger partial charge in [0.15, 0.2) is 0 Å². The molecule has 2 aromatic carbocycles. The molecule has 0 fully saturated rings. The van der Waals surface area contributed by atoms with Crippen molar-refractivity contribution in [3.05, 3.63) is 64.0 Å². The highest BCUT2D eigenvalue weighted by atomic mass is 79.9. The summed E-state index contributed by atoms with van der Waals surface area (Å²) in [7, 11) is 0. The van der Waals surface area contributed by atoms with Gasteiger partial charge in [-0.05, 0) is 52.7 Å². The molecule has 0 saturated carbocycles. The van der Waals surface area contributed by atoms with Gasteiger partial charge in [0.25, 0.3) is 5.91 Å². The Morgan fingerprint density at radius 2 is 2.00 bits per heavy atom. The molecule has 0 unspecified atom stereocenters. The number of fused-ring (bicyclic) bond motifs is 1. The van der Waals surface area contributed by atoms with Gasteiger partial charge >= 0.3 is 0 Å². The van der Waals surface area contributed by atoms with Crippen LogP contribution in [0.15, 0.2) is 46.9 Å². The SMILES string of the molecule is Cc1cc(F)c(Br)cc1NC(=O)c1cc2ccccc2[nH]1. The summed E-state index contributed by atoms with van der Waals surface area (Å²) in [6.07, 6.45) is 0. The number of carbonyl (C=O) groups excluding carboxylic acids is 1. The number of halogens is 2. The Balaban J connectivity index is 1.91. The Bertz CT molecular complexity index is 808. The first-order valence-electron chi connectivity index (χ1n) is 6.39. The van der Waals surface area contributed by atoms with E-state index in [9.17, 15) is 9.18 Å². The third-order valence-electron chi connectivity index (χ3n) is 3.29. The van der Waals surface area contributed by atoms with Crippen LogP contribution >= 0.6 is 15.9 Å². The molecule has 3 aromatic rings. The fraction of sp³-hybridized carbons (Fsp3) is 0.0625. The predicted molar refractivity (Wildman–Crippen MR) is 85.1 cm³/mol.